The largest absolute Gasteiger partial charge is 0.504 e. The third-order valence-corrected chi connectivity index (χ3v) is 5.23. The third-order valence-electron chi connectivity index (χ3n) is 5.23. The Bertz CT molecular complexity index is 964. The van der Waals surface area contributed by atoms with Gasteiger partial charge in [0.15, 0.2) is 23.0 Å². The van der Waals surface area contributed by atoms with Gasteiger partial charge in [-0.05, 0) is 61.1 Å². The molecule has 3 rings (SSSR count). The number of benzene rings is 2. The number of phenols is 2. The molecule has 0 atom stereocenters. The second-order valence-electron chi connectivity index (χ2n) is 8.69. The van der Waals surface area contributed by atoms with Crippen molar-refractivity contribution in [3.05, 3.63) is 47.5 Å². The van der Waals surface area contributed by atoms with Gasteiger partial charge >= 0.3 is 0 Å². The van der Waals surface area contributed by atoms with E-state index in [9.17, 15) is 10.2 Å². The molecule has 2 aromatic carbocycles. The van der Waals surface area contributed by atoms with Crippen LogP contribution in [-0.4, -0.2) is 24.4 Å². The molecule has 5 heteroatoms. The molecule has 0 aliphatic carbocycles. The molecule has 0 radical (unpaired) electrons. The van der Waals surface area contributed by atoms with E-state index in [1.54, 1.807) is 24.3 Å². The van der Waals surface area contributed by atoms with Gasteiger partial charge in [0.25, 0.3) is 0 Å². The molecule has 1 aromatic heterocycles. The molecule has 0 unspecified atom stereocenters. The summed E-state index contributed by atoms with van der Waals surface area (Å²) in [5.41, 5.74) is 4.04. The number of aromatic hydroxyl groups is 2. The summed E-state index contributed by atoms with van der Waals surface area (Å²) in [7, 11) is 3.07. The van der Waals surface area contributed by atoms with Crippen LogP contribution in [0.15, 0.2) is 40.8 Å². The zero-order valence-corrected chi connectivity index (χ0v) is 19.2. The van der Waals surface area contributed by atoms with Crippen molar-refractivity contribution < 1.29 is 24.1 Å². The molecule has 0 saturated carbocycles. The Labute approximate surface area is 184 Å². The van der Waals surface area contributed by atoms with Crippen molar-refractivity contribution in [3.63, 3.8) is 0 Å². The summed E-state index contributed by atoms with van der Waals surface area (Å²) in [6.07, 6.45) is 1.72. The van der Waals surface area contributed by atoms with Crippen molar-refractivity contribution in [1.29, 1.82) is 0 Å². The maximum atomic E-state index is 10.0. The lowest BCUT2D eigenvalue weighted by atomic mass is 9.90. The Kier molecular flexibility index (Phi) is 6.84. The molecule has 3 aromatic rings. The molecule has 0 aliphatic heterocycles. The molecule has 2 N–H and O–H groups in total. The third kappa shape index (κ3) is 4.82. The molecule has 0 spiro atoms. The minimum Gasteiger partial charge on any atom is -0.504 e. The number of rotatable bonds is 8. The van der Waals surface area contributed by atoms with Crippen molar-refractivity contribution >= 4 is 0 Å². The number of furan rings is 1. The lowest BCUT2D eigenvalue weighted by Crippen LogP contribution is -2.03. The van der Waals surface area contributed by atoms with E-state index >= 15 is 0 Å². The van der Waals surface area contributed by atoms with Crippen molar-refractivity contribution in [3.8, 4) is 45.6 Å². The van der Waals surface area contributed by atoms with Crippen LogP contribution in [0.25, 0.3) is 22.6 Å². The van der Waals surface area contributed by atoms with Crippen LogP contribution in [0.2, 0.25) is 0 Å². The zero-order valence-electron chi connectivity index (χ0n) is 19.2. The topological polar surface area (TPSA) is 72.1 Å². The van der Waals surface area contributed by atoms with Crippen LogP contribution in [-0.2, 0) is 12.8 Å². The van der Waals surface area contributed by atoms with Gasteiger partial charge in [-0.3, -0.25) is 0 Å². The molecule has 166 valence electrons. The van der Waals surface area contributed by atoms with E-state index in [1.165, 1.54) is 25.3 Å². The van der Waals surface area contributed by atoms with Crippen LogP contribution in [0.5, 0.6) is 23.0 Å². The molecule has 0 amide bonds. The molecule has 0 fully saturated rings. The molecular weight excluding hydrogens is 392 g/mol. The van der Waals surface area contributed by atoms with Gasteiger partial charge in [0.2, 0.25) is 0 Å². The second kappa shape index (κ2) is 9.38. The Morgan fingerprint density at radius 2 is 1.10 bits per heavy atom. The van der Waals surface area contributed by atoms with Crippen molar-refractivity contribution in [2.45, 2.75) is 40.5 Å². The highest BCUT2D eigenvalue weighted by Gasteiger charge is 2.25. The minimum absolute atomic E-state index is 0.0918. The number of methoxy groups -OCH3 is 2. The summed E-state index contributed by atoms with van der Waals surface area (Å²) in [5, 5.41) is 20.1. The highest BCUT2D eigenvalue weighted by atomic mass is 16.5. The van der Waals surface area contributed by atoms with Crippen molar-refractivity contribution in [2.75, 3.05) is 14.2 Å². The van der Waals surface area contributed by atoms with Gasteiger partial charge in [-0.1, -0.05) is 27.7 Å². The highest BCUT2D eigenvalue weighted by molar-refractivity contribution is 5.75. The van der Waals surface area contributed by atoms with Crippen LogP contribution >= 0.6 is 0 Å². The van der Waals surface area contributed by atoms with E-state index in [4.69, 9.17) is 13.9 Å². The summed E-state index contributed by atoms with van der Waals surface area (Å²) < 4.78 is 17.2. The van der Waals surface area contributed by atoms with Gasteiger partial charge in [-0.15, -0.1) is 0 Å². The lowest BCUT2D eigenvalue weighted by molar-refractivity contribution is 0.373. The maximum absolute atomic E-state index is 10.0. The van der Waals surface area contributed by atoms with Crippen LogP contribution in [0.3, 0.4) is 0 Å². The fraction of sp³-hybridized carbons (Fsp3) is 0.385. The maximum Gasteiger partial charge on any atom is 0.161 e. The van der Waals surface area contributed by atoms with Crippen LogP contribution in [0.4, 0.5) is 0 Å². The van der Waals surface area contributed by atoms with Crippen molar-refractivity contribution in [2.24, 2.45) is 11.8 Å². The normalized spacial score (nSPS) is 11.4. The van der Waals surface area contributed by atoms with Gasteiger partial charge in [0.05, 0.1) is 14.2 Å². The Morgan fingerprint density at radius 3 is 1.42 bits per heavy atom. The van der Waals surface area contributed by atoms with E-state index in [0.29, 0.717) is 23.3 Å². The first-order valence-corrected chi connectivity index (χ1v) is 10.6. The summed E-state index contributed by atoms with van der Waals surface area (Å²) in [6.45, 7) is 8.76. The predicted octanol–water partition coefficient (Wildman–Crippen LogP) is 6.44. The summed E-state index contributed by atoms with van der Waals surface area (Å²) in [4.78, 5) is 0. The molecule has 0 saturated heterocycles. The van der Waals surface area contributed by atoms with E-state index in [0.717, 1.165) is 35.5 Å². The first kappa shape index (κ1) is 22.6. The molecular formula is C26H32O5. The first-order valence-electron chi connectivity index (χ1n) is 10.6. The summed E-state index contributed by atoms with van der Waals surface area (Å²) in [6, 6.07) is 10.6. The van der Waals surface area contributed by atoms with Crippen molar-refractivity contribution in [1.82, 2.24) is 0 Å². The molecule has 5 nitrogen and oxygen atoms in total. The lowest BCUT2D eigenvalue weighted by Gasteiger charge is -2.12. The SMILES string of the molecule is COc1cc(-c2oc(-c3ccc(O)c(OC)c3)c(CC(C)C)c2CC(C)C)ccc1O. The fourth-order valence-electron chi connectivity index (χ4n) is 3.85. The fourth-order valence-corrected chi connectivity index (χ4v) is 3.85. The average molecular weight is 425 g/mol. The summed E-state index contributed by atoms with van der Waals surface area (Å²) in [5.74, 6) is 3.43. The number of phenolic OH excluding ortho intramolecular Hbond substituents is 2. The Hall–Kier alpha value is -3.08. The quantitative estimate of drug-likeness (QED) is 0.435. The number of hydrogen-bond acceptors (Lipinski definition) is 5. The number of ether oxygens (including phenoxy) is 2. The highest BCUT2D eigenvalue weighted by Crippen LogP contribution is 2.43. The van der Waals surface area contributed by atoms with E-state index in [-0.39, 0.29) is 11.5 Å². The van der Waals surface area contributed by atoms with Gasteiger partial charge in [-0.25, -0.2) is 0 Å². The zero-order chi connectivity index (χ0) is 22.7. The van der Waals surface area contributed by atoms with E-state index in [2.05, 4.69) is 27.7 Å². The summed E-state index contributed by atoms with van der Waals surface area (Å²) >= 11 is 0. The standard InChI is InChI=1S/C26H32O5/c1-15(2)11-19-20(12-16(3)4)26(18-8-10-22(28)24(14-18)30-6)31-25(19)17-7-9-21(27)23(13-17)29-5/h7-10,13-16,27-28H,11-12H2,1-6H3. The molecule has 0 aliphatic rings. The molecule has 0 bridgehead atoms. The van der Waals surface area contributed by atoms with E-state index < -0.39 is 0 Å². The van der Waals surface area contributed by atoms with E-state index in [1.807, 2.05) is 12.1 Å². The number of hydrogen-bond donors (Lipinski definition) is 2. The van der Waals surface area contributed by atoms with Crippen LogP contribution < -0.4 is 9.47 Å². The monoisotopic (exact) mass is 424 g/mol. The van der Waals surface area contributed by atoms with Gasteiger partial charge < -0.3 is 24.1 Å². The second-order valence-corrected chi connectivity index (χ2v) is 8.69. The molecule has 1 heterocycles. The van der Waals surface area contributed by atoms with Gasteiger partial charge in [0, 0.05) is 22.3 Å². The van der Waals surface area contributed by atoms with Crippen LogP contribution in [0, 0.1) is 11.8 Å². The van der Waals surface area contributed by atoms with Crippen LogP contribution in [0.1, 0.15) is 38.8 Å². The first-order chi connectivity index (χ1) is 14.7. The average Bonchev–Trinajstić information content (AvgIpc) is 3.05. The predicted molar refractivity (Wildman–Crippen MR) is 123 cm³/mol. The minimum atomic E-state index is 0.0918. The Morgan fingerprint density at radius 1 is 0.710 bits per heavy atom. The Balaban J connectivity index is 2.28. The van der Waals surface area contributed by atoms with Gasteiger partial charge in [-0.2, -0.15) is 0 Å². The smallest absolute Gasteiger partial charge is 0.161 e. The van der Waals surface area contributed by atoms with Gasteiger partial charge in [0.1, 0.15) is 11.5 Å². The molecule has 31 heavy (non-hydrogen) atoms.